The number of carbonyl (C=O) groups excluding carboxylic acids is 1. The summed E-state index contributed by atoms with van der Waals surface area (Å²) in [6.45, 7) is 2.11. The molecule has 1 saturated heterocycles. The zero-order chi connectivity index (χ0) is 30.6. The van der Waals surface area contributed by atoms with Crippen LogP contribution in [-0.2, 0) is 18.3 Å². The number of benzene rings is 2. The molecule has 0 aliphatic carbocycles. The summed E-state index contributed by atoms with van der Waals surface area (Å²) in [5, 5.41) is 11.4. The minimum absolute atomic E-state index is 0.120. The molecule has 0 radical (unpaired) electrons. The van der Waals surface area contributed by atoms with Crippen molar-refractivity contribution in [2.75, 3.05) is 25.1 Å². The highest BCUT2D eigenvalue weighted by atomic mass is 19.3. The lowest BCUT2D eigenvalue weighted by atomic mass is 10.1. The Balaban J connectivity index is 1.28. The average molecular weight is 604 g/mol. The van der Waals surface area contributed by atoms with E-state index in [1.54, 1.807) is 43.8 Å². The highest BCUT2D eigenvalue weighted by molar-refractivity contribution is 6.09. The van der Waals surface area contributed by atoms with E-state index in [1.807, 2.05) is 24.3 Å². The van der Waals surface area contributed by atoms with Crippen molar-refractivity contribution in [3.8, 4) is 28.5 Å². The van der Waals surface area contributed by atoms with E-state index in [-0.39, 0.29) is 28.3 Å². The Kier molecular flexibility index (Phi) is 8.48. The summed E-state index contributed by atoms with van der Waals surface area (Å²) < 4.78 is 46.5. The van der Waals surface area contributed by atoms with Gasteiger partial charge in [0.2, 0.25) is 0 Å². The predicted molar refractivity (Wildman–Crippen MR) is 158 cm³/mol. The van der Waals surface area contributed by atoms with Crippen LogP contribution in [0.3, 0.4) is 0 Å². The van der Waals surface area contributed by atoms with Crippen molar-refractivity contribution in [1.82, 2.24) is 29.3 Å². The van der Waals surface area contributed by atoms with Gasteiger partial charge in [0.1, 0.15) is 28.5 Å². The molecule has 3 aromatic heterocycles. The van der Waals surface area contributed by atoms with Crippen LogP contribution >= 0.6 is 0 Å². The normalized spacial score (nSPS) is 15.5. The van der Waals surface area contributed by atoms with Crippen LogP contribution in [0.5, 0.6) is 17.2 Å². The molecule has 0 bridgehead atoms. The molecule has 1 atom stereocenters. The molecule has 13 heteroatoms. The number of aryl methyl sites for hydroxylation is 1. The number of rotatable bonds is 10. The van der Waals surface area contributed by atoms with Crippen LogP contribution in [0.2, 0.25) is 0 Å². The topological polar surface area (TPSA) is 108 Å². The number of ether oxygens (including phenoxy) is 3. The molecule has 4 heterocycles. The zero-order valence-electron chi connectivity index (χ0n) is 24.2. The molecule has 0 unspecified atom stereocenters. The molecular formula is C31H31F2N7O4. The fourth-order valence-corrected chi connectivity index (χ4v) is 5.26. The third-order valence-electron chi connectivity index (χ3n) is 7.36. The third-order valence-corrected chi connectivity index (χ3v) is 7.36. The second kappa shape index (κ2) is 12.8. The number of anilines is 1. The van der Waals surface area contributed by atoms with Crippen molar-refractivity contribution in [1.29, 1.82) is 0 Å². The molecule has 5 aromatic rings. The number of aromatic nitrogens is 5. The summed E-state index contributed by atoms with van der Waals surface area (Å²) in [5.41, 5.74) is 2.40. The number of nitrogens with zero attached hydrogens (tertiary/aromatic N) is 6. The maximum atomic E-state index is 13.4. The quantitative estimate of drug-likeness (QED) is 0.227. The Hall–Kier alpha value is -4.88. The van der Waals surface area contributed by atoms with Crippen LogP contribution in [0.15, 0.2) is 73.3 Å². The largest absolute Gasteiger partial charge is 0.457 e. The molecule has 1 N–H and O–H groups in total. The van der Waals surface area contributed by atoms with Crippen LogP contribution < -0.4 is 14.8 Å². The highest BCUT2D eigenvalue weighted by Gasteiger charge is 2.23. The van der Waals surface area contributed by atoms with E-state index in [4.69, 9.17) is 14.2 Å². The molecule has 0 saturated carbocycles. The van der Waals surface area contributed by atoms with Crippen LogP contribution in [0.25, 0.3) is 16.9 Å². The molecule has 1 amide bonds. The van der Waals surface area contributed by atoms with Gasteiger partial charge in [0.05, 0.1) is 30.7 Å². The van der Waals surface area contributed by atoms with E-state index < -0.39 is 12.5 Å². The molecule has 11 nitrogen and oxygen atoms in total. The number of morpholine rings is 1. The number of fused-ring (bicyclic) bond motifs is 1. The molecule has 1 aliphatic rings. The monoisotopic (exact) mass is 603 g/mol. The summed E-state index contributed by atoms with van der Waals surface area (Å²) in [6.07, 6.45) is 7.21. The lowest BCUT2D eigenvalue weighted by molar-refractivity contribution is -0.0494. The van der Waals surface area contributed by atoms with Crippen molar-refractivity contribution in [3.05, 3.63) is 84.4 Å². The lowest BCUT2D eigenvalue weighted by Gasteiger charge is -2.35. The number of hydrogen-bond donors (Lipinski definition) is 1. The van der Waals surface area contributed by atoms with Crippen LogP contribution in [-0.4, -0.2) is 67.6 Å². The Morgan fingerprint density at radius 3 is 2.89 bits per heavy atom. The second-order valence-corrected chi connectivity index (χ2v) is 10.4. The molecule has 0 spiro atoms. The van der Waals surface area contributed by atoms with E-state index in [0.717, 1.165) is 25.1 Å². The second-order valence-electron chi connectivity index (χ2n) is 10.4. The third kappa shape index (κ3) is 6.38. The SMILES string of the molecule is CC[C@H]1COCCN1Cc1cccc(Oc2ccc(OC(F)F)c(-c3nn(C)cc3NC(=O)c3cnn4cccnc34)c2)c1. The van der Waals surface area contributed by atoms with E-state index in [9.17, 15) is 13.6 Å². The van der Waals surface area contributed by atoms with Crippen LogP contribution in [0.1, 0.15) is 29.3 Å². The maximum absolute atomic E-state index is 13.4. The van der Waals surface area contributed by atoms with Gasteiger partial charge in [0.15, 0.2) is 5.65 Å². The van der Waals surface area contributed by atoms with Crippen LogP contribution in [0, 0.1) is 0 Å². The van der Waals surface area contributed by atoms with E-state index >= 15 is 0 Å². The number of nitrogens with one attached hydrogen (secondary N) is 1. The fourth-order valence-electron chi connectivity index (χ4n) is 5.26. The fraction of sp³-hybridized carbons (Fsp3) is 0.290. The zero-order valence-corrected chi connectivity index (χ0v) is 24.2. The van der Waals surface area contributed by atoms with Gasteiger partial charge in [-0.25, -0.2) is 9.50 Å². The highest BCUT2D eigenvalue weighted by Crippen LogP contribution is 2.39. The average Bonchev–Trinajstić information content (AvgIpc) is 3.61. The molecule has 44 heavy (non-hydrogen) atoms. The standard InChI is InChI=1S/C31H31F2N7O4/c1-3-21-19-42-13-12-39(21)17-20-6-4-7-22(14-20)43-23-8-9-27(44-31(32)33)24(15-23)28-26(18-38(2)37-28)36-30(41)25-16-35-40-11-5-10-34-29(25)40/h4-11,14-16,18,21,31H,3,12-13,17,19H2,1-2H3,(H,36,41)/t21-/m0/s1. The first-order valence-electron chi connectivity index (χ1n) is 14.2. The van der Waals surface area contributed by atoms with Crippen LogP contribution in [0.4, 0.5) is 14.5 Å². The van der Waals surface area contributed by atoms with Gasteiger partial charge in [0, 0.05) is 44.8 Å². The Morgan fingerprint density at radius 2 is 2.05 bits per heavy atom. The first-order valence-corrected chi connectivity index (χ1v) is 14.2. The molecule has 1 aliphatic heterocycles. The summed E-state index contributed by atoms with van der Waals surface area (Å²) in [6, 6.07) is 14.3. The molecule has 6 rings (SSSR count). The van der Waals surface area contributed by atoms with E-state index in [2.05, 4.69) is 32.3 Å². The molecule has 1 fully saturated rings. The maximum Gasteiger partial charge on any atom is 0.387 e. The van der Waals surface area contributed by atoms with E-state index in [1.165, 1.54) is 21.5 Å². The Labute approximate surface area is 252 Å². The Bertz CT molecular complexity index is 1770. The number of alkyl halides is 2. The smallest absolute Gasteiger partial charge is 0.387 e. The first-order chi connectivity index (χ1) is 21.4. The first kappa shape index (κ1) is 29.2. The van der Waals surface area contributed by atoms with Crippen molar-refractivity contribution in [3.63, 3.8) is 0 Å². The van der Waals surface area contributed by atoms with Gasteiger partial charge in [-0.1, -0.05) is 19.1 Å². The van der Waals surface area contributed by atoms with Crippen molar-refractivity contribution < 1.29 is 27.8 Å². The van der Waals surface area contributed by atoms with Gasteiger partial charge in [0.25, 0.3) is 5.91 Å². The van der Waals surface area contributed by atoms with Gasteiger partial charge in [-0.2, -0.15) is 19.0 Å². The number of amides is 1. The summed E-state index contributed by atoms with van der Waals surface area (Å²) in [5.74, 6) is 0.365. The number of carbonyl (C=O) groups is 1. The minimum Gasteiger partial charge on any atom is -0.457 e. The van der Waals surface area contributed by atoms with Crippen molar-refractivity contribution in [2.24, 2.45) is 7.05 Å². The minimum atomic E-state index is -3.07. The molecule has 228 valence electrons. The summed E-state index contributed by atoms with van der Waals surface area (Å²) in [7, 11) is 1.66. The number of halogens is 2. The molecular weight excluding hydrogens is 572 g/mol. The van der Waals surface area contributed by atoms with Crippen molar-refractivity contribution in [2.45, 2.75) is 32.5 Å². The Morgan fingerprint density at radius 1 is 1.18 bits per heavy atom. The number of hydrogen-bond acceptors (Lipinski definition) is 8. The molecule has 2 aromatic carbocycles. The van der Waals surface area contributed by atoms with E-state index in [0.29, 0.717) is 36.4 Å². The lowest BCUT2D eigenvalue weighted by Crippen LogP contribution is -2.44. The van der Waals surface area contributed by atoms with Crippen molar-refractivity contribution >= 4 is 17.2 Å². The van der Waals surface area contributed by atoms with Gasteiger partial charge in [-0.05, 0) is 48.4 Å². The van der Waals surface area contributed by atoms with Gasteiger partial charge >= 0.3 is 6.61 Å². The summed E-state index contributed by atoms with van der Waals surface area (Å²) in [4.78, 5) is 19.9. The van der Waals surface area contributed by atoms with Gasteiger partial charge in [-0.3, -0.25) is 14.4 Å². The summed E-state index contributed by atoms with van der Waals surface area (Å²) >= 11 is 0. The van der Waals surface area contributed by atoms with Gasteiger partial charge < -0.3 is 19.5 Å². The van der Waals surface area contributed by atoms with Gasteiger partial charge in [-0.15, -0.1) is 0 Å². The predicted octanol–water partition coefficient (Wildman–Crippen LogP) is 5.39.